The SMILES string of the molecule is C=C(NC(C)(CN)N(C)I)SO. The van der Waals surface area contributed by atoms with Crippen molar-refractivity contribution in [3.63, 3.8) is 0 Å². The summed E-state index contributed by atoms with van der Waals surface area (Å²) in [5.41, 5.74) is 5.20. The Balaban J connectivity index is 4.23. The third-order valence-corrected chi connectivity index (χ3v) is 2.98. The zero-order valence-electron chi connectivity index (χ0n) is 7.17. The van der Waals surface area contributed by atoms with E-state index < -0.39 is 0 Å². The molecule has 4 nitrogen and oxygen atoms in total. The maximum atomic E-state index is 8.67. The van der Waals surface area contributed by atoms with Gasteiger partial charge in [-0.1, -0.05) is 6.58 Å². The Kier molecular flexibility index (Phi) is 5.50. The zero-order valence-corrected chi connectivity index (χ0v) is 10.1. The zero-order chi connectivity index (χ0) is 9.78. The van der Waals surface area contributed by atoms with Crippen LogP contribution >= 0.6 is 34.9 Å². The molecule has 0 aliphatic carbocycles. The van der Waals surface area contributed by atoms with Crippen LogP contribution in [0.15, 0.2) is 11.6 Å². The number of hydrogen-bond donors (Lipinski definition) is 3. The maximum absolute atomic E-state index is 8.67. The van der Waals surface area contributed by atoms with E-state index in [2.05, 4.69) is 34.8 Å². The molecule has 0 aromatic rings. The molecule has 0 spiro atoms. The molecule has 0 heterocycles. The van der Waals surface area contributed by atoms with E-state index in [4.69, 9.17) is 10.3 Å². The number of rotatable bonds is 5. The highest BCUT2D eigenvalue weighted by molar-refractivity contribution is 14.1. The summed E-state index contributed by atoms with van der Waals surface area (Å²) < 4.78 is 10.6. The van der Waals surface area contributed by atoms with Crippen molar-refractivity contribution < 1.29 is 4.55 Å². The van der Waals surface area contributed by atoms with E-state index in [1.54, 1.807) is 0 Å². The Labute approximate surface area is 91.3 Å². The van der Waals surface area contributed by atoms with Crippen molar-refractivity contribution in [1.29, 1.82) is 0 Å². The first kappa shape index (κ1) is 12.5. The summed E-state index contributed by atoms with van der Waals surface area (Å²) >= 11 is 2.72. The molecule has 0 saturated carbocycles. The molecule has 0 saturated heterocycles. The van der Waals surface area contributed by atoms with Gasteiger partial charge in [-0.3, -0.25) is 0 Å². The van der Waals surface area contributed by atoms with Gasteiger partial charge in [0, 0.05) is 41.5 Å². The topological polar surface area (TPSA) is 61.5 Å². The Morgan fingerprint density at radius 3 is 2.67 bits per heavy atom. The van der Waals surface area contributed by atoms with Gasteiger partial charge < -0.3 is 15.6 Å². The van der Waals surface area contributed by atoms with Crippen LogP contribution in [0.3, 0.4) is 0 Å². The first-order valence-electron chi connectivity index (χ1n) is 3.34. The van der Waals surface area contributed by atoms with Gasteiger partial charge in [0.1, 0.15) is 5.66 Å². The molecule has 4 N–H and O–H groups in total. The highest BCUT2D eigenvalue weighted by Gasteiger charge is 2.26. The summed E-state index contributed by atoms with van der Waals surface area (Å²) in [4.78, 5) is 0. The predicted molar refractivity (Wildman–Crippen MR) is 61.7 cm³/mol. The first-order valence-corrected chi connectivity index (χ1v) is 5.08. The second-order valence-corrected chi connectivity index (χ2v) is 4.72. The lowest BCUT2D eigenvalue weighted by atomic mass is 10.2. The minimum Gasteiger partial charge on any atom is -0.359 e. The van der Waals surface area contributed by atoms with Gasteiger partial charge in [-0.15, -0.1) is 0 Å². The standard InChI is InChI=1S/C6H14IN3OS/c1-5(12-11)9-6(2,4-8)10(3)7/h9,11H,1,4,8H2,2-3H3. The molecular weight excluding hydrogens is 289 g/mol. The van der Waals surface area contributed by atoms with Crippen LogP contribution in [0.5, 0.6) is 0 Å². The van der Waals surface area contributed by atoms with Gasteiger partial charge >= 0.3 is 0 Å². The van der Waals surface area contributed by atoms with Gasteiger partial charge in [0.25, 0.3) is 0 Å². The van der Waals surface area contributed by atoms with Gasteiger partial charge in [-0.2, -0.15) is 0 Å². The predicted octanol–water partition coefficient (Wildman–Crippen LogP) is 1.21. The number of nitrogens with two attached hydrogens (primary N) is 1. The normalized spacial score (nSPS) is 15.8. The Morgan fingerprint density at radius 1 is 1.92 bits per heavy atom. The molecule has 0 bridgehead atoms. The second-order valence-electron chi connectivity index (χ2n) is 2.59. The molecule has 0 rings (SSSR count). The largest absolute Gasteiger partial charge is 0.359 e. The molecule has 0 aromatic heterocycles. The van der Waals surface area contributed by atoms with Crippen LogP contribution in [0, 0.1) is 0 Å². The Hall–Kier alpha value is 0.500. The first-order chi connectivity index (χ1) is 5.46. The third kappa shape index (κ3) is 3.48. The van der Waals surface area contributed by atoms with Crippen molar-refractivity contribution in [3.8, 4) is 0 Å². The van der Waals surface area contributed by atoms with Crippen LogP contribution in [0.25, 0.3) is 0 Å². The molecular formula is C6H14IN3OS. The minimum absolute atomic E-state index is 0.368. The minimum atomic E-state index is -0.368. The summed E-state index contributed by atoms with van der Waals surface area (Å²) in [6, 6.07) is 0. The quantitative estimate of drug-likeness (QED) is 0.308. The number of nitrogens with zero attached hydrogens (tertiary/aromatic N) is 1. The highest BCUT2D eigenvalue weighted by atomic mass is 127. The van der Waals surface area contributed by atoms with Crippen LogP contribution < -0.4 is 11.1 Å². The molecule has 0 aromatic carbocycles. The average molecular weight is 303 g/mol. The van der Waals surface area contributed by atoms with Crippen LogP contribution in [0.1, 0.15) is 6.92 Å². The molecule has 0 fully saturated rings. The summed E-state index contributed by atoms with van der Waals surface area (Å²) in [6.07, 6.45) is 0. The van der Waals surface area contributed by atoms with E-state index >= 15 is 0 Å². The van der Waals surface area contributed by atoms with Gasteiger partial charge in [0.05, 0.1) is 5.03 Å². The van der Waals surface area contributed by atoms with Crippen molar-refractivity contribution in [2.24, 2.45) is 5.73 Å². The van der Waals surface area contributed by atoms with Crippen LogP contribution in [-0.4, -0.2) is 26.9 Å². The van der Waals surface area contributed by atoms with Crippen molar-refractivity contribution in [2.45, 2.75) is 12.6 Å². The van der Waals surface area contributed by atoms with Crippen LogP contribution in [0.4, 0.5) is 0 Å². The smallest absolute Gasteiger partial charge is 0.109 e. The summed E-state index contributed by atoms with van der Waals surface area (Å²) in [6.45, 7) is 5.97. The second kappa shape index (κ2) is 5.28. The monoisotopic (exact) mass is 303 g/mol. The van der Waals surface area contributed by atoms with Crippen molar-refractivity contribution >= 4 is 34.9 Å². The molecule has 0 amide bonds. The van der Waals surface area contributed by atoms with E-state index in [-0.39, 0.29) is 5.66 Å². The van der Waals surface area contributed by atoms with Crippen molar-refractivity contribution in [1.82, 2.24) is 8.43 Å². The molecule has 1 unspecified atom stereocenters. The molecule has 12 heavy (non-hydrogen) atoms. The number of halogens is 1. The van der Waals surface area contributed by atoms with E-state index in [1.165, 1.54) is 0 Å². The average Bonchev–Trinajstić information content (AvgIpc) is 2.03. The lowest BCUT2D eigenvalue weighted by Gasteiger charge is -2.35. The van der Waals surface area contributed by atoms with Gasteiger partial charge in [0.15, 0.2) is 0 Å². The van der Waals surface area contributed by atoms with Gasteiger partial charge in [0.2, 0.25) is 0 Å². The van der Waals surface area contributed by atoms with E-state index in [9.17, 15) is 0 Å². The molecule has 72 valence electrons. The summed E-state index contributed by atoms with van der Waals surface area (Å²) in [5.74, 6) is 0. The van der Waals surface area contributed by atoms with E-state index in [1.807, 2.05) is 17.1 Å². The molecule has 6 heteroatoms. The number of hydrogen-bond acceptors (Lipinski definition) is 5. The van der Waals surface area contributed by atoms with Crippen molar-refractivity contribution in [3.05, 3.63) is 11.6 Å². The van der Waals surface area contributed by atoms with E-state index in [0.29, 0.717) is 23.6 Å². The van der Waals surface area contributed by atoms with Crippen LogP contribution in [0.2, 0.25) is 0 Å². The third-order valence-electron chi connectivity index (χ3n) is 1.60. The lowest BCUT2D eigenvalue weighted by molar-refractivity contribution is 0.255. The molecule has 1 atom stereocenters. The fraction of sp³-hybridized carbons (Fsp3) is 0.667. The van der Waals surface area contributed by atoms with Crippen LogP contribution in [-0.2, 0) is 0 Å². The lowest BCUT2D eigenvalue weighted by Crippen LogP contribution is -2.55. The summed E-state index contributed by atoms with van der Waals surface area (Å²) in [7, 11) is 1.90. The van der Waals surface area contributed by atoms with E-state index in [0.717, 1.165) is 0 Å². The molecule has 0 radical (unpaired) electrons. The number of nitrogens with one attached hydrogen (secondary N) is 1. The Bertz CT molecular complexity index is 167. The van der Waals surface area contributed by atoms with Crippen molar-refractivity contribution in [2.75, 3.05) is 13.6 Å². The summed E-state index contributed by atoms with van der Waals surface area (Å²) in [5, 5.41) is 3.50. The number of likely N-dealkylation sites (N-methyl/N-ethyl adjacent to an activating group) is 1. The maximum Gasteiger partial charge on any atom is 0.109 e. The Morgan fingerprint density at radius 2 is 2.42 bits per heavy atom. The highest BCUT2D eigenvalue weighted by Crippen LogP contribution is 2.17. The van der Waals surface area contributed by atoms with Gasteiger partial charge in [-0.25, -0.2) is 3.11 Å². The van der Waals surface area contributed by atoms with Gasteiger partial charge in [-0.05, 0) is 14.0 Å². The molecule has 0 aliphatic heterocycles. The fourth-order valence-electron chi connectivity index (χ4n) is 0.577. The fourth-order valence-corrected chi connectivity index (χ4v) is 1.16. The molecule has 0 aliphatic rings.